The fourth-order valence-electron chi connectivity index (χ4n) is 2.39. The molecule has 20 heavy (non-hydrogen) atoms. The van der Waals surface area contributed by atoms with Crippen LogP contribution in [-0.2, 0) is 6.42 Å². The predicted molar refractivity (Wildman–Crippen MR) is 75.8 cm³/mol. The van der Waals surface area contributed by atoms with E-state index in [0.29, 0.717) is 12.2 Å². The van der Waals surface area contributed by atoms with Crippen LogP contribution in [0.15, 0.2) is 29.1 Å². The number of benzene rings is 1. The van der Waals surface area contributed by atoms with Gasteiger partial charge in [-0.25, -0.2) is 5.10 Å². The molecule has 0 atom stereocenters. The molecule has 102 valence electrons. The zero-order chi connectivity index (χ0) is 14.3. The number of nitrogen functional groups attached to an aromatic ring is 1. The molecule has 0 bridgehead atoms. The zero-order valence-corrected chi connectivity index (χ0v) is 11.0. The van der Waals surface area contributed by atoms with Crippen LogP contribution in [0.3, 0.4) is 0 Å². The van der Waals surface area contributed by atoms with Crippen molar-refractivity contribution in [2.45, 2.75) is 13.3 Å². The topological polar surface area (TPSA) is 92.1 Å². The van der Waals surface area contributed by atoms with Gasteiger partial charge in [0.15, 0.2) is 0 Å². The van der Waals surface area contributed by atoms with E-state index in [2.05, 4.69) is 10.2 Å². The molecule has 0 fully saturated rings. The van der Waals surface area contributed by atoms with Gasteiger partial charge < -0.3 is 10.6 Å². The van der Waals surface area contributed by atoms with Gasteiger partial charge in [-0.2, -0.15) is 5.10 Å². The number of amides is 1. The lowest BCUT2D eigenvalue weighted by Gasteiger charge is -2.17. The summed E-state index contributed by atoms with van der Waals surface area (Å²) in [5, 5.41) is 6.05. The molecule has 0 aliphatic carbocycles. The number of fused-ring (bicyclic) bond motifs is 1. The van der Waals surface area contributed by atoms with Gasteiger partial charge >= 0.3 is 0 Å². The van der Waals surface area contributed by atoms with Crippen molar-refractivity contribution in [2.24, 2.45) is 0 Å². The average molecular weight is 270 g/mol. The van der Waals surface area contributed by atoms with Crippen molar-refractivity contribution < 1.29 is 4.79 Å². The van der Waals surface area contributed by atoms with Gasteiger partial charge in [-0.15, -0.1) is 0 Å². The lowest BCUT2D eigenvalue weighted by Crippen LogP contribution is -2.30. The summed E-state index contributed by atoms with van der Waals surface area (Å²) in [5.74, 6) is -0.233. The summed E-state index contributed by atoms with van der Waals surface area (Å²) in [6.07, 6.45) is 0.797. The third-order valence-corrected chi connectivity index (χ3v) is 3.51. The Hall–Kier alpha value is -2.63. The van der Waals surface area contributed by atoms with Crippen LogP contribution in [0.1, 0.15) is 21.6 Å². The van der Waals surface area contributed by atoms with E-state index in [0.717, 1.165) is 23.2 Å². The minimum atomic E-state index is -0.330. The van der Waals surface area contributed by atoms with Crippen molar-refractivity contribution in [2.75, 3.05) is 17.2 Å². The van der Waals surface area contributed by atoms with E-state index in [9.17, 15) is 9.59 Å². The molecule has 3 N–H and O–H groups in total. The highest BCUT2D eigenvalue weighted by Gasteiger charge is 2.27. The molecule has 0 spiro atoms. The maximum absolute atomic E-state index is 12.4. The molecule has 1 aromatic carbocycles. The molecule has 0 saturated carbocycles. The largest absolute Gasteiger partial charge is 0.398 e. The summed E-state index contributed by atoms with van der Waals surface area (Å²) >= 11 is 0. The van der Waals surface area contributed by atoms with Crippen molar-refractivity contribution >= 4 is 17.3 Å². The van der Waals surface area contributed by atoms with Gasteiger partial charge in [0.25, 0.3) is 11.5 Å². The van der Waals surface area contributed by atoms with Crippen LogP contribution in [0.4, 0.5) is 11.4 Å². The van der Waals surface area contributed by atoms with Crippen molar-refractivity contribution in [3.8, 4) is 0 Å². The second-order valence-corrected chi connectivity index (χ2v) is 4.85. The highest BCUT2D eigenvalue weighted by atomic mass is 16.2. The summed E-state index contributed by atoms with van der Waals surface area (Å²) in [7, 11) is 0. The number of aromatic amines is 1. The second-order valence-electron chi connectivity index (χ2n) is 4.85. The van der Waals surface area contributed by atoms with Crippen molar-refractivity contribution in [1.29, 1.82) is 0 Å². The first-order valence-corrected chi connectivity index (χ1v) is 6.33. The molecule has 1 aliphatic rings. The Morgan fingerprint density at radius 3 is 2.90 bits per heavy atom. The van der Waals surface area contributed by atoms with E-state index >= 15 is 0 Å². The van der Waals surface area contributed by atoms with E-state index in [1.54, 1.807) is 4.90 Å². The fraction of sp³-hybridized carbons (Fsp3) is 0.214. The van der Waals surface area contributed by atoms with Gasteiger partial charge in [-0.05, 0) is 36.6 Å². The average Bonchev–Trinajstić information content (AvgIpc) is 2.82. The molecule has 0 radical (unpaired) electrons. The van der Waals surface area contributed by atoms with E-state index < -0.39 is 0 Å². The minimum absolute atomic E-state index is 0.219. The lowest BCUT2D eigenvalue weighted by atomic mass is 10.1. The third kappa shape index (κ3) is 1.95. The molecule has 6 heteroatoms. The number of anilines is 2. The smallest absolute Gasteiger partial charge is 0.278 e. The Morgan fingerprint density at radius 2 is 2.20 bits per heavy atom. The predicted octanol–water partition coefficient (Wildman–Crippen LogP) is 0.863. The summed E-state index contributed by atoms with van der Waals surface area (Å²) < 4.78 is 0. The molecule has 6 nitrogen and oxygen atoms in total. The van der Waals surface area contributed by atoms with Crippen molar-refractivity contribution in [1.82, 2.24) is 10.2 Å². The Morgan fingerprint density at radius 1 is 1.40 bits per heavy atom. The molecule has 1 amide bonds. The first-order valence-electron chi connectivity index (χ1n) is 6.33. The van der Waals surface area contributed by atoms with Gasteiger partial charge in [-0.3, -0.25) is 9.59 Å². The van der Waals surface area contributed by atoms with Crippen LogP contribution in [-0.4, -0.2) is 22.6 Å². The molecule has 3 rings (SSSR count). The molecule has 0 unspecified atom stereocenters. The quantitative estimate of drug-likeness (QED) is 0.752. The molecular formula is C14H14N4O2. The minimum Gasteiger partial charge on any atom is -0.398 e. The zero-order valence-electron chi connectivity index (χ0n) is 11.0. The molecule has 1 aromatic heterocycles. The first-order chi connectivity index (χ1) is 9.56. The maximum atomic E-state index is 12.4. The molecule has 2 heterocycles. The van der Waals surface area contributed by atoms with E-state index in [4.69, 9.17) is 5.73 Å². The highest BCUT2D eigenvalue weighted by molar-refractivity contribution is 6.06. The Kier molecular flexibility index (Phi) is 2.78. The number of rotatable bonds is 1. The van der Waals surface area contributed by atoms with E-state index in [1.807, 2.05) is 19.1 Å². The van der Waals surface area contributed by atoms with E-state index in [1.165, 1.54) is 12.1 Å². The Labute approximate surface area is 115 Å². The number of hydrogen-bond donors (Lipinski definition) is 2. The molecule has 0 saturated heterocycles. The van der Waals surface area contributed by atoms with Crippen LogP contribution in [0.2, 0.25) is 0 Å². The normalized spacial score (nSPS) is 13.3. The molecule has 2 aromatic rings. The maximum Gasteiger partial charge on any atom is 0.278 e. The highest BCUT2D eigenvalue weighted by Crippen LogP contribution is 2.32. The number of H-pyrrole nitrogens is 1. The number of hydrogen-bond acceptors (Lipinski definition) is 4. The van der Waals surface area contributed by atoms with Gasteiger partial charge in [0.1, 0.15) is 5.69 Å². The summed E-state index contributed by atoms with van der Waals surface area (Å²) in [4.78, 5) is 25.0. The fourth-order valence-corrected chi connectivity index (χ4v) is 2.39. The number of carbonyl (C=O) groups excluding carboxylic acids is 1. The Bertz CT molecular complexity index is 731. The number of aryl methyl sites for hydroxylation is 1. The third-order valence-electron chi connectivity index (χ3n) is 3.51. The van der Waals surface area contributed by atoms with Gasteiger partial charge in [0, 0.05) is 24.0 Å². The first kappa shape index (κ1) is 12.4. The van der Waals surface area contributed by atoms with Crippen molar-refractivity contribution in [3.05, 3.63) is 51.4 Å². The van der Waals surface area contributed by atoms with Crippen LogP contribution in [0.25, 0.3) is 0 Å². The summed E-state index contributed by atoms with van der Waals surface area (Å²) in [6.45, 7) is 2.54. The van der Waals surface area contributed by atoms with Gasteiger partial charge in [-0.1, -0.05) is 6.07 Å². The van der Waals surface area contributed by atoms with Crippen LogP contribution >= 0.6 is 0 Å². The van der Waals surface area contributed by atoms with Crippen LogP contribution in [0.5, 0.6) is 0 Å². The Balaban J connectivity index is 1.98. The monoisotopic (exact) mass is 270 g/mol. The number of carbonyl (C=O) groups is 1. The van der Waals surface area contributed by atoms with Gasteiger partial charge in [0.05, 0.1) is 0 Å². The van der Waals surface area contributed by atoms with Gasteiger partial charge in [0.2, 0.25) is 0 Å². The second kappa shape index (κ2) is 4.48. The number of nitrogens with zero attached hydrogens (tertiary/aromatic N) is 2. The number of nitrogens with one attached hydrogen (secondary N) is 1. The number of nitrogens with two attached hydrogens (primary N) is 1. The van der Waals surface area contributed by atoms with Crippen molar-refractivity contribution in [3.63, 3.8) is 0 Å². The molecule has 1 aliphatic heterocycles. The number of aromatic nitrogens is 2. The standard InChI is InChI=1S/C14H14N4O2/c1-8-6-9-4-5-18(12(9)7-10(8)15)14(20)11-2-3-13(19)17-16-11/h2-3,6-7H,4-5,15H2,1H3,(H,17,19). The van der Waals surface area contributed by atoms with Crippen LogP contribution < -0.4 is 16.2 Å². The lowest BCUT2D eigenvalue weighted by molar-refractivity contribution is 0.0983. The SMILES string of the molecule is Cc1cc2c(cc1N)N(C(=O)c1ccc(=O)[nH]n1)CC2. The summed E-state index contributed by atoms with van der Waals surface area (Å²) in [6, 6.07) is 6.55. The molecular weight excluding hydrogens is 256 g/mol. The van der Waals surface area contributed by atoms with E-state index in [-0.39, 0.29) is 17.2 Å². The van der Waals surface area contributed by atoms with Crippen LogP contribution in [0, 0.1) is 6.92 Å². The summed E-state index contributed by atoms with van der Waals surface area (Å²) in [5.41, 5.74) is 9.41.